The SMILES string of the molecule is O=C(Cn1nc2c(-c3nc(-c4ccccc4)no3)cccn2c1=O)N1CCCC1. The molecule has 0 atom stereocenters. The molecule has 1 aromatic carbocycles. The van der Waals surface area contributed by atoms with Crippen LogP contribution in [0.1, 0.15) is 12.8 Å². The maximum Gasteiger partial charge on any atom is 0.350 e. The van der Waals surface area contributed by atoms with Crippen molar-refractivity contribution in [3.8, 4) is 22.8 Å². The molecule has 29 heavy (non-hydrogen) atoms. The van der Waals surface area contributed by atoms with E-state index in [0.717, 1.165) is 31.5 Å². The van der Waals surface area contributed by atoms with Crippen molar-refractivity contribution < 1.29 is 9.32 Å². The lowest BCUT2D eigenvalue weighted by Crippen LogP contribution is -2.34. The van der Waals surface area contributed by atoms with E-state index in [9.17, 15) is 9.59 Å². The quantitative estimate of drug-likeness (QED) is 0.527. The van der Waals surface area contributed by atoms with Gasteiger partial charge in [-0.3, -0.25) is 4.79 Å². The van der Waals surface area contributed by atoms with Gasteiger partial charge < -0.3 is 9.42 Å². The molecule has 1 fully saturated rings. The van der Waals surface area contributed by atoms with Crippen LogP contribution in [0.5, 0.6) is 0 Å². The van der Waals surface area contributed by atoms with E-state index >= 15 is 0 Å². The number of hydrogen-bond acceptors (Lipinski definition) is 6. The largest absolute Gasteiger partial charge is 0.350 e. The lowest BCUT2D eigenvalue weighted by atomic mass is 10.2. The second-order valence-electron chi connectivity index (χ2n) is 6.93. The predicted octanol–water partition coefficient (Wildman–Crippen LogP) is 1.84. The van der Waals surface area contributed by atoms with Gasteiger partial charge in [-0.15, -0.1) is 5.10 Å². The van der Waals surface area contributed by atoms with Crippen LogP contribution in [0.2, 0.25) is 0 Å². The molecule has 9 nitrogen and oxygen atoms in total. The summed E-state index contributed by atoms with van der Waals surface area (Å²) >= 11 is 0. The van der Waals surface area contributed by atoms with Crippen LogP contribution in [0.25, 0.3) is 28.5 Å². The van der Waals surface area contributed by atoms with Crippen molar-refractivity contribution in [1.82, 2.24) is 29.2 Å². The lowest BCUT2D eigenvalue weighted by Gasteiger charge is -2.14. The minimum absolute atomic E-state index is 0.0843. The Hall–Kier alpha value is -3.75. The number of rotatable bonds is 4. The van der Waals surface area contributed by atoms with Crippen molar-refractivity contribution in [2.24, 2.45) is 0 Å². The molecule has 3 aromatic heterocycles. The highest BCUT2D eigenvalue weighted by molar-refractivity contribution is 5.76. The summed E-state index contributed by atoms with van der Waals surface area (Å²) in [5.74, 6) is 0.616. The molecule has 4 aromatic rings. The van der Waals surface area contributed by atoms with Crippen LogP contribution in [0.15, 0.2) is 58.0 Å². The number of nitrogens with zero attached hydrogens (tertiary/aromatic N) is 6. The fourth-order valence-corrected chi connectivity index (χ4v) is 3.54. The fraction of sp³-hybridized carbons (Fsp3) is 0.250. The van der Waals surface area contributed by atoms with Crippen molar-refractivity contribution in [3.63, 3.8) is 0 Å². The Balaban J connectivity index is 1.51. The highest BCUT2D eigenvalue weighted by atomic mass is 16.5. The molecule has 0 N–H and O–H groups in total. The van der Waals surface area contributed by atoms with E-state index in [1.165, 1.54) is 9.08 Å². The summed E-state index contributed by atoms with van der Waals surface area (Å²) in [5, 5.41) is 8.40. The first kappa shape index (κ1) is 17.4. The van der Waals surface area contributed by atoms with Gasteiger partial charge in [0.1, 0.15) is 6.54 Å². The Bertz CT molecular complexity index is 1230. The van der Waals surface area contributed by atoms with Crippen LogP contribution in [-0.4, -0.2) is 48.2 Å². The van der Waals surface area contributed by atoms with Gasteiger partial charge in [-0.2, -0.15) is 4.98 Å². The van der Waals surface area contributed by atoms with Gasteiger partial charge in [0.25, 0.3) is 5.89 Å². The molecule has 1 amide bonds. The van der Waals surface area contributed by atoms with Crippen molar-refractivity contribution in [2.75, 3.05) is 13.1 Å². The Morgan fingerprint density at radius 1 is 1.07 bits per heavy atom. The third-order valence-corrected chi connectivity index (χ3v) is 5.04. The van der Waals surface area contributed by atoms with Gasteiger partial charge in [0.15, 0.2) is 5.65 Å². The van der Waals surface area contributed by atoms with Crippen LogP contribution in [0.3, 0.4) is 0 Å². The molecule has 5 rings (SSSR count). The summed E-state index contributed by atoms with van der Waals surface area (Å²) in [7, 11) is 0. The molecule has 146 valence electrons. The van der Waals surface area contributed by atoms with E-state index in [0.29, 0.717) is 17.0 Å². The van der Waals surface area contributed by atoms with E-state index < -0.39 is 0 Å². The Kier molecular flexibility index (Phi) is 4.19. The monoisotopic (exact) mass is 390 g/mol. The highest BCUT2D eigenvalue weighted by Gasteiger charge is 2.22. The number of carbonyl (C=O) groups is 1. The van der Waals surface area contributed by atoms with E-state index in [2.05, 4.69) is 15.2 Å². The summed E-state index contributed by atoms with van der Waals surface area (Å²) in [6.07, 6.45) is 3.60. The summed E-state index contributed by atoms with van der Waals surface area (Å²) in [6, 6.07) is 12.9. The van der Waals surface area contributed by atoms with Crippen molar-refractivity contribution in [2.45, 2.75) is 19.4 Å². The maximum atomic E-state index is 12.7. The van der Waals surface area contributed by atoms with Gasteiger partial charge in [0, 0.05) is 24.8 Å². The van der Waals surface area contributed by atoms with Gasteiger partial charge in [0.2, 0.25) is 11.7 Å². The summed E-state index contributed by atoms with van der Waals surface area (Å²) in [6.45, 7) is 1.38. The smallest absolute Gasteiger partial charge is 0.341 e. The lowest BCUT2D eigenvalue weighted by molar-refractivity contribution is -0.131. The molecule has 0 bridgehead atoms. The highest BCUT2D eigenvalue weighted by Crippen LogP contribution is 2.24. The molecule has 0 unspecified atom stereocenters. The van der Waals surface area contributed by atoms with Crippen LogP contribution in [-0.2, 0) is 11.3 Å². The molecule has 0 radical (unpaired) electrons. The Labute approximate surface area is 165 Å². The summed E-state index contributed by atoms with van der Waals surface area (Å²) < 4.78 is 8.00. The second kappa shape index (κ2) is 7.01. The van der Waals surface area contributed by atoms with E-state index in [1.807, 2.05) is 30.3 Å². The molecular formula is C20H18N6O3. The minimum Gasteiger partial charge on any atom is -0.341 e. The topological polar surface area (TPSA) is 98.5 Å². The Morgan fingerprint density at radius 2 is 1.86 bits per heavy atom. The van der Waals surface area contributed by atoms with Crippen LogP contribution in [0.4, 0.5) is 0 Å². The number of hydrogen-bond donors (Lipinski definition) is 0. The molecule has 0 saturated carbocycles. The average Bonchev–Trinajstić information content (AvgIpc) is 3.50. The number of pyridine rings is 1. The molecule has 4 heterocycles. The van der Waals surface area contributed by atoms with Crippen LogP contribution < -0.4 is 5.69 Å². The third kappa shape index (κ3) is 3.10. The zero-order valence-electron chi connectivity index (χ0n) is 15.6. The van der Waals surface area contributed by atoms with Gasteiger partial charge in [-0.25, -0.2) is 13.9 Å². The average molecular weight is 390 g/mol. The standard InChI is InChI=1S/C20H18N6O3/c27-16(24-10-4-5-11-24)13-26-20(28)25-12-6-9-15(18(25)22-26)19-21-17(23-29-19)14-7-2-1-3-8-14/h1-3,6-9,12H,4-5,10-11,13H2. The predicted molar refractivity (Wildman–Crippen MR) is 104 cm³/mol. The van der Waals surface area contributed by atoms with Gasteiger partial charge in [-0.1, -0.05) is 35.5 Å². The minimum atomic E-state index is -0.378. The van der Waals surface area contributed by atoms with Crippen molar-refractivity contribution >= 4 is 11.6 Å². The molecule has 1 saturated heterocycles. The third-order valence-electron chi connectivity index (χ3n) is 5.04. The number of amides is 1. The first-order chi connectivity index (χ1) is 14.2. The van der Waals surface area contributed by atoms with Crippen LogP contribution in [0, 0.1) is 0 Å². The molecule has 9 heteroatoms. The van der Waals surface area contributed by atoms with E-state index in [-0.39, 0.29) is 24.0 Å². The number of fused-ring (bicyclic) bond motifs is 1. The molecule has 0 spiro atoms. The molecule has 1 aliphatic heterocycles. The van der Waals surface area contributed by atoms with Crippen molar-refractivity contribution in [1.29, 1.82) is 0 Å². The zero-order valence-corrected chi connectivity index (χ0v) is 15.6. The van der Waals surface area contributed by atoms with Gasteiger partial charge in [0.05, 0.1) is 5.56 Å². The molecule has 0 aliphatic carbocycles. The first-order valence-electron chi connectivity index (χ1n) is 9.46. The summed E-state index contributed by atoms with van der Waals surface area (Å²) in [4.78, 5) is 31.4. The normalized spacial score (nSPS) is 14.0. The van der Waals surface area contributed by atoms with Crippen molar-refractivity contribution in [3.05, 3.63) is 59.1 Å². The summed E-state index contributed by atoms with van der Waals surface area (Å²) in [5.41, 5.74) is 1.35. The number of likely N-dealkylation sites (tertiary alicyclic amines) is 1. The zero-order chi connectivity index (χ0) is 19.8. The second-order valence-corrected chi connectivity index (χ2v) is 6.93. The van der Waals surface area contributed by atoms with Gasteiger partial charge in [-0.05, 0) is 25.0 Å². The van der Waals surface area contributed by atoms with E-state index in [4.69, 9.17) is 4.52 Å². The Morgan fingerprint density at radius 3 is 2.66 bits per heavy atom. The van der Waals surface area contributed by atoms with E-state index in [1.54, 1.807) is 23.2 Å². The molecular weight excluding hydrogens is 372 g/mol. The number of benzene rings is 1. The number of carbonyl (C=O) groups excluding carboxylic acids is 1. The number of aromatic nitrogens is 5. The fourth-order valence-electron chi connectivity index (χ4n) is 3.54. The first-order valence-corrected chi connectivity index (χ1v) is 9.46. The van der Waals surface area contributed by atoms with Gasteiger partial charge >= 0.3 is 5.69 Å². The molecule has 1 aliphatic rings. The van der Waals surface area contributed by atoms with Crippen LogP contribution >= 0.6 is 0 Å². The maximum absolute atomic E-state index is 12.7.